The molecule has 1 atom stereocenters. The van der Waals surface area contributed by atoms with Crippen LogP contribution in [0, 0.1) is 10.1 Å². The van der Waals surface area contributed by atoms with Crippen LogP contribution in [-0.2, 0) is 0 Å². The van der Waals surface area contributed by atoms with Crippen LogP contribution in [-0.4, -0.2) is 29.1 Å². The lowest BCUT2D eigenvalue weighted by Gasteiger charge is -2.23. The SMILES string of the molecule is Nc1nc(OCC2CCCCN2)ccc1[N+](=O)[O-]. The summed E-state index contributed by atoms with van der Waals surface area (Å²) in [6.45, 7) is 1.51. The van der Waals surface area contributed by atoms with Gasteiger partial charge in [-0.2, -0.15) is 4.98 Å². The minimum Gasteiger partial charge on any atom is -0.476 e. The van der Waals surface area contributed by atoms with Crippen molar-refractivity contribution >= 4 is 11.5 Å². The minimum absolute atomic E-state index is 0.117. The quantitative estimate of drug-likeness (QED) is 0.614. The molecular formula is C11H16N4O3. The second-order valence-corrected chi connectivity index (χ2v) is 4.27. The molecule has 98 valence electrons. The first-order chi connectivity index (χ1) is 8.66. The second kappa shape index (κ2) is 5.63. The van der Waals surface area contributed by atoms with Crippen LogP contribution in [0.25, 0.3) is 0 Å². The topological polar surface area (TPSA) is 103 Å². The number of nitrogens with one attached hydrogen (secondary N) is 1. The Labute approximate surface area is 104 Å². The van der Waals surface area contributed by atoms with E-state index in [1.54, 1.807) is 0 Å². The van der Waals surface area contributed by atoms with E-state index >= 15 is 0 Å². The number of hydrogen-bond donors (Lipinski definition) is 2. The Balaban J connectivity index is 1.93. The summed E-state index contributed by atoms with van der Waals surface area (Å²) in [6.07, 6.45) is 3.46. The maximum Gasteiger partial charge on any atom is 0.311 e. The molecular weight excluding hydrogens is 236 g/mol. The highest BCUT2D eigenvalue weighted by molar-refractivity contribution is 5.53. The molecule has 0 amide bonds. The molecule has 0 radical (unpaired) electrons. The molecule has 1 aromatic rings. The van der Waals surface area contributed by atoms with Crippen LogP contribution in [0.3, 0.4) is 0 Å². The van der Waals surface area contributed by atoms with Gasteiger partial charge in [0.05, 0.1) is 4.92 Å². The van der Waals surface area contributed by atoms with Gasteiger partial charge in [0.25, 0.3) is 0 Å². The van der Waals surface area contributed by atoms with Crippen molar-refractivity contribution in [3.8, 4) is 5.88 Å². The number of hydrogen-bond acceptors (Lipinski definition) is 6. The largest absolute Gasteiger partial charge is 0.476 e. The van der Waals surface area contributed by atoms with Gasteiger partial charge < -0.3 is 15.8 Å². The molecule has 2 rings (SSSR count). The fraction of sp³-hybridized carbons (Fsp3) is 0.545. The zero-order valence-electron chi connectivity index (χ0n) is 9.96. The summed E-state index contributed by atoms with van der Waals surface area (Å²) in [6, 6.07) is 3.10. The van der Waals surface area contributed by atoms with Gasteiger partial charge in [-0.25, -0.2) is 0 Å². The number of aromatic nitrogens is 1. The zero-order valence-corrected chi connectivity index (χ0v) is 9.96. The van der Waals surface area contributed by atoms with Gasteiger partial charge in [0.15, 0.2) is 0 Å². The molecule has 0 bridgehead atoms. The molecule has 3 N–H and O–H groups in total. The summed E-state index contributed by atoms with van der Waals surface area (Å²) in [4.78, 5) is 13.9. The maximum absolute atomic E-state index is 10.6. The Kier molecular flexibility index (Phi) is 3.93. The molecule has 0 saturated carbocycles. The van der Waals surface area contributed by atoms with E-state index < -0.39 is 4.92 Å². The third kappa shape index (κ3) is 3.07. The molecule has 1 aromatic heterocycles. The molecule has 0 aliphatic carbocycles. The maximum atomic E-state index is 10.6. The lowest BCUT2D eigenvalue weighted by atomic mass is 10.1. The first kappa shape index (κ1) is 12.6. The average Bonchev–Trinajstić information content (AvgIpc) is 2.37. The molecule has 1 saturated heterocycles. The smallest absolute Gasteiger partial charge is 0.311 e. The monoisotopic (exact) mass is 252 g/mol. The molecule has 1 fully saturated rings. The number of nitro groups is 1. The van der Waals surface area contributed by atoms with Crippen LogP contribution in [0.1, 0.15) is 19.3 Å². The van der Waals surface area contributed by atoms with E-state index in [0.29, 0.717) is 18.5 Å². The molecule has 2 heterocycles. The van der Waals surface area contributed by atoms with Crippen molar-refractivity contribution in [3.05, 3.63) is 22.2 Å². The van der Waals surface area contributed by atoms with E-state index in [9.17, 15) is 10.1 Å². The van der Waals surface area contributed by atoms with E-state index in [1.165, 1.54) is 25.0 Å². The number of pyridine rings is 1. The highest BCUT2D eigenvalue weighted by Crippen LogP contribution is 2.22. The van der Waals surface area contributed by atoms with Gasteiger partial charge in [-0.05, 0) is 19.4 Å². The number of ether oxygens (including phenoxy) is 1. The van der Waals surface area contributed by atoms with Gasteiger partial charge >= 0.3 is 5.69 Å². The lowest BCUT2D eigenvalue weighted by molar-refractivity contribution is -0.384. The summed E-state index contributed by atoms with van der Waals surface area (Å²) >= 11 is 0. The number of anilines is 1. The zero-order chi connectivity index (χ0) is 13.0. The Bertz CT molecular complexity index is 432. The normalized spacial score (nSPS) is 19.4. The molecule has 0 spiro atoms. The molecule has 1 aliphatic heterocycles. The van der Waals surface area contributed by atoms with Crippen molar-refractivity contribution in [2.24, 2.45) is 0 Å². The summed E-state index contributed by atoms with van der Waals surface area (Å²) in [7, 11) is 0. The Morgan fingerprint density at radius 3 is 3.00 bits per heavy atom. The van der Waals surface area contributed by atoms with Crippen molar-refractivity contribution in [1.82, 2.24) is 10.3 Å². The first-order valence-electron chi connectivity index (χ1n) is 5.94. The van der Waals surface area contributed by atoms with Crippen LogP contribution in [0.2, 0.25) is 0 Å². The van der Waals surface area contributed by atoms with Crippen molar-refractivity contribution in [2.75, 3.05) is 18.9 Å². The molecule has 7 heteroatoms. The Morgan fingerprint density at radius 1 is 1.56 bits per heavy atom. The number of nitrogen functional groups attached to an aromatic ring is 1. The number of nitrogens with zero attached hydrogens (tertiary/aromatic N) is 2. The fourth-order valence-electron chi connectivity index (χ4n) is 1.94. The first-order valence-corrected chi connectivity index (χ1v) is 5.94. The minimum atomic E-state index is -0.561. The highest BCUT2D eigenvalue weighted by atomic mass is 16.6. The number of nitrogens with two attached hydrogens (primary N) is 1. The van der Waals surface area contributed by atoms with Crippen LogP contribution in [0.15, 0.2) is 12.1 Å². The predicted octanol–water partition coefficient (Wildman–Crippen LogP) is 1.09. The van der Waals surface area contributed by atoms with Crippen LogP contribution < -0.4 is 15.8 Å². The Morgan fingerprint density at radius 2 is 2.39 bits per heavy atom. The molecule has 1 aliphatic rings. The molecule has 7 nitrogen and oxygen atoms in total. The average molecular weight is 252 g/mol. The standard InChI is InChI=1S/C11H16N4O3/c12-11-9(15(16)17)4-5-10(14-11)18-7-8-3-1-2-6-13-8/h4-5,8,13H,1-3,6-7H2,(H2,12,14). The van der Waals surface area contributed by atoms with Crippen molar-refractivity contribution in [2.45, 2.75) is 25.3 Å². The lowest BCUT2D eigenvalue weighted by Crippen LogP contribution is -2.38. The summed E-state index contributed by atoms with van der Waals surface area (Å²) in [5.74, 6) is 0.208. The third-order valence-corrected chi connectivity index (χ3v) is 2.92. The highest BCUT2D eigenvalue weighted by Gasteiger charge is 2.16. The van der Waals surface area contributed by atoms with Gasteiger partial charge in [0, 0.05) is 18.2 Å². The molecule has 0 aromatic carbocycles. The molecule has 18 heavy (non-hydrogen) atoms. The van der Waals surface area contributed by atoms with E-state index in [2.05, 4.69) is 10.3 Å². The van der Waals surface area contributed by atoms with E-state index in [0.717, 1.165) is 13.0 Å². The number of rotatable bonds is 4. The van der Waals surface area contributed by atoms with Gasteiger partial charge in [0.1, 0.15) is 6.61 Å². The van der Waals surface area contributed by atoms with Crippen molar-refractivity contribution in [1.29, 1.82) is 0 Å². The van der Waals surface area contributed by atoms with E-state index in [1.807, 2.05) is 0 Å². The third-order valence-electron chi connectivity index (χ3n) is 2.92. The van der Waals surface area contributed by atoms with Crippen LogP contribution in [0.5, 0.6) is 5.88 Å². The summed E-state index contributed by atoms with van der Waals surface area (Å²) in [5, 5.41) is 13.9. The van der Waals surface area contributed by atoms with Gasteiger partial charge in [0.2, 0.25) is 11.7 Å². The van der Waals surface area contributed by atoms with Gasteiger partial charge in [-0.1, -0.05) is 6.42 Å². The van der Waals surface area contributed by atoms with Crippen molar-refractivity contribution < 1.29 is 9.66 Å². The second-order valence-electron chi connectivity index (χ2n) is 4.27. The van der Waals surface area contributed by atoms with Crippen LogP contribution in [0.4, 0.5) is 11.5 Å². The summed E-state index contributed by atoms with van der Waals surface area (Å²) < 4.78 is 5.48. The Hall–Kier alpha value is -1.89. The van der Waals surface area contributed by atoms with Gasteiger partial charge in [-0.3, -0.25) is 10.1 Å². The fourth-order valence-corrected chi connectivity index (χ4v) is 1.94. The summed E-state index contributed by atoms with van der Waals surface area (Å²) in [5.41, 5.74) is 5.29. The predicted molar refractivity (Wildman–Crippen MR) is 66.4 cm³/mol. The van der Waals surface area contributed by atoms with Crippen LogP contribution >= 0.6 is 0 Å². The van der Waals surface area contributed by atoms with E-state index in [4.69, 9.17) is 10.5 Å². The molecule has 1 unspecified atom stereocenters. The number of piperidine rings is 1. The van der Waals surface area contributed by atoms with E-state index in [-0.39, 0.29) is 11.5 Å². The van der Waals surface area contributed by atoms with Crippen molar-refractivity contribution in [3.63, 3.8) is 0 Å². The van der Waals surface area contributed by atoms with Gasteiger partial charge in [-0.15, -0.1) is 0 Å².